The molecule has 2 aromatic carbocycles. The van der Waals surface area contributed by atoms with Crippen molar-refractivity contribution in [1.29, 1.82) is 0 Å². The Bertz CT molecular complexity index is 777. The first kappa shape index (κ1) is 21.6. The summed E-state index contributed by atoms with van der Waals surface area (Å²) in [5.74, 6) is -0.0453. The number of amides is 1. The number of nitrogens with zero attached hydrogens (tertiary/aromatic N) is 2. The SMILES string of the molecule is CN(C)CCOc1ccccc1C(=O)N(C)Cc1ccc(OC(F)(F)F)cc1. The molecule has 0 heterocycles. The number of hydrogen-bond donors (Lipinski definition) is 0. The van der Waals surface area contributed by atoms with E-state index in [1.165, 1.54) is 29.2 Å². The molecule has 0 saturated carbocycles. The van der Waals surface area contributed by atoms with Gasteiger partial charge in [-0.25, -0.2) is 0 Å². The van der Waals surface area contributed by atoms with Crippen LogP contribution >= 0.6 is 0 Å². The fourth-order valence-corrected chi connectivity index (χ4v) is 2.46. The molecule has 0 unspecified atom stereocenters. The Labute approximate surface area is 162 Å². The van der Waals surface area contributed by atoms with E-state index in [0.717, 1.165) is 0 Å². The standard InChI is InChI=1S/C20H23F3N2O3/c1-24(2)12-13-27-18-7-5-4-6-17(18)19(26)25(3)14-15-8-10-16(11-9-15)28-20(21,22)23/h4-11H,12-14H2,1-3H3. The van der Waals surface area contributed by atoms with Gasteiger partial charge in [0.15, 0.2) is 0 Å². The van der Waals surface area contributed by atoms with Crippen molar-refractivity contribution < 1.29 is 27.4 Å². The molecule has 2 rings (SSSR count). The van der Waals surface area contributed by atoms with E-state index in [1.54, 1.807) is 31.3 Å². The highest BCUT2D eigenvalue weighted by molar-refractivity contribution is 5.96. The third-order valence-corrected chi connectivity index (χ3v) is 3.84. The van der Waals surface area contributed by atoms with Gasteiger partial charge in [0.25, 0.3) is 5.91 Å². The molecule has 0 aliphatic rings. The fraction of sp³-hybridized carbons (Fsp3) is 0.350. The first-order valence-electron chi connectivity index (χ1n) is 8.62. The molecule has 0 aliphatic heterocycles. The van der Waals surface area contributed by atoms with Gasteiger partial charge in [0.2, 0.25) is 0 Å². The van der Waals surface area contributed by atoms with Gasteiger partial charge in [-0.3, -0.25) is 4.79 Å². The van der Waals surface area contributed by atoms with Crippen LogP contribution in [-0.2, 0) is 6.54 Å². The zero-order chi connectivity index (χ0) is 20.7. The molecule has 0 spiro atoms. The lowest BCUT2D eigenvalue weighted by molar-refractivity contribution is -0.274. The molecular formula is C20H23F3N2O3. The molecule has 0 atom stereocenters. The van der Waals surface area contributed by atoms with Gasteiger partial charge in [0.1, 0.15) is 18.1 Å². The monoisotopic (exact) mass is 396 g/mol. The van der Waals surface area contributed by atoms with Crippen molar-refractivity contribution in [3.05, 3.63) is 59.7 Å². The topological polar surface area (TPSA) is 42.0 Å². The largest absolute Gasteiger partial charge is 0.573 e. The summed E-state index contributed by atoms with van der Waals surface area (Å²) in [6.07, 6.45) is -4.73. The van der Waals surface area contributed by atoms with Crippen molar-refractivity contribution in [2.45, 2.75) is 12.9 Å². The summed E-state index contributed by atoms with van der Waals surface area (Å²) in [6, 6.07) is 12.4. The minimum absolute atomic E-state index is 0.233. The molecular weight excluding hydrogens is 373 g/mol. The molecule has 0 bridgehead atoms. The van der Waals surface area contributed by atoms with Crippen molar-refractivity contribution in [2.24, 2.45) is 0 Å². The first-order chi connectivity index (χ1) is 13.2. The minimum Gasteiger partial charge on any atom is -0.491 e. The molecule has 0 fully saturated rings. The Balaban J connectivity index is 2.03. The van der Waals surface area contributed by atoms with E-state index in [2.05, 4.69) is 4.74 Å². The fourth-order valence-electron chi connectivity index (χ4n) is 2.46. The van der Waals surface area contributed by atoms with Crippen LogP contribution in [0.25, 0.3) is 0 Å². The Morgan fingerprint density at radius 3 is 2.25 bits per heavy atom. The molecule has 0 aromatic heterocycles. The molecule has 28 heavy (non-hydrogen) atoms. The first-order valence-corrected chi connectivity index (χ1v) is 8.62. The zero-order valence-electron chi connectivity index (χ0n) is 16.0. The number of likely N-dealkylation sites (N-methyl/N-ethyl adjacent to an activating group) is 1. The highest BCUT2D eigenvalue weighted by atomic mass is 19.4. The number of hydrogen-bond acceptors (Lipinski definition) is 4. The van der Waals surface area contributed by atoms with E-state index in [0.29, 0.717) is 30.0 Å². The van der Waals surface area contributed by atoms with Crippen LogP contribution in [0.4, 0.5) is 13.2 Å². The van der Waals surface area contributed by atoms with E-state index in [4.69, 9.17) is 4.74 Å². The lowest BCUT2D eigenvalue weighted by Crippen LogP contribution is -2.27. The van der Waals surface area contributed by atoms with Gasteiger partial charge in [-0.05, 0) is 43.9 Å². The molecule has 152 valence electrons. The van der Waals surface area contributed by atoms with Crippen molar-refractivity contribution >= 4 is 5.91 Å². The predicted octanol–water partition coefficient (Wildman–Crippen LogP) is 3.80. The lowest BCUT2D eigenvalue weighted by atomic mass is 10.1. The number of para-hydroxylation sites is 1. The molecule has 0 N–H and O–H groups in total. The molecule has 5 nitrogen and oxygen atoms in total. The smallest absolute Gasteiger partial charge is 0.491 e. The van der Waals surface area contributed by atoms with Crippen LogP contribution in [0.15, 0.2) is 48.5 Å². The minimum atomic E-state index is -4.73. The van der Waals surface area contributed by atoms with E-state index >= 15 is 0 Å². The maximum absolute atomic E-state index is 12.8. The summed E-state index contributed by atoms with van der Waals surface area (Å²) in [5, 5.41) is 0. The van der Waals surface area contributed by atoms with Gasteiger partial charge in [0.05, 0.1) is 5.56 Å². The van der Waals surface area contributed by atoms with E-state index < -0.39 is 6.36 Å². The van der Waals surface area contributed by atoms with Crippen LogP contribution < -0.4 is 9.47 Å². The maximum atomic E-state index is 12.8. The molecule has 0 aliphatic carbocycles. The molecule has 2 aromatic rings. The number of benzene rings is 2. The molecule has 1 amide bonds. The van der Waals surface area contributed by atoms with E-state index in [1.807, 2.05) is 19.0 Å². The van der Waals surface area contributed by atoms with E-state index in [-0.39, 0.29) is 18.2 Å². The molecule has 0 radical (unpaired) electrons. The van der Waals surface area contributed by atoms with Crippen LogP contribution in [0, 0.1) is 0 Å². The average molecular weight is 396 g/mol. The Hall–Kier alpha value is -2.74. The number of alkyl halides is 3. The zero-order valence-corrected chi connectivity index (χ0v) is 16.0. The van der Waals surface area contributed by atoms with Gasteiger partial charge in [-0.1, -0.05) is 24.3 Å². The summed E-state index contributed by atoms with van der Waals surface area (Å²) in [4.78, 5) is 16.2. The highest BCUT2D eigenvalue weighted by Crippen LogP contribution is 2.24. The summed E-state index contributed by atoms with van der Waals surface area (Å²) in [5.41, 5.74) is 1.11. The van der Waals surface area contributed by atoms with Gasteiger partial charge in [-0.15, -0.1) is 13.2 Å². The highest BCUT2D eigenvalue weighted by Gasteiger charge is 2.31. The normalized spacial score (nSPS) is 11.4. The number of carbonyl (C=O) groups excluding carboxylic acids is 1. The second-order valence-electron chi connectivity index (χ2n) is 6.50. The summed E-state index contributed by atoms with van der Waals surface area (Å²) in [6.45, 7) is 1.39. The number of rotatable bonds is 8. The van der Waals surface area contributed by atoms with Crippen molar-refractivity contribution in [2.75, 3.05) is 34.3 Å². The van der Waals surface area contributed by atoms with Crippen molar-refractivity contribution in [1.82, 2.24) is 9.80 Å². The van der Waals surface area contributed by atoms with E-state index in [9.17, 15) is 18.0 Å². The summed E-state index contributed by atoms with van der Waals surface area (Å²) in [7, 11) is 5.48. The Morgan fingerprint density at radius 2 is 1.64 bits per heavy atom. The third-order valence-electron chi connectivity index (χ3n) is 3.84. The van der Waals surface area contributed by atoms with Crippen LogP contribution in [-0.4, -0.2) is 56.4 Å². The van der Waals surface area contributed by atoms with Gasteiger partial charge >= 0.3 is 6.36 Å². The summed E-state index contributed by atoms with van der Waals surface area (Å²) >= 11 is 0. The molecule has 0 saturated heterocycles. The predicted molar refractivity (Wildman–Crippen MR) is 99.4 cm³/mol. The van der Waals surface area contributed by atoms with Gasteiger partial charge in [0, 0.05) is 20.1 Å². The second-order valence-corrected chi connectivity index (χ2v) is 6.50. The Morgan fingerprint density at radius 1 is 1.00 bits per heavy atom. The third kappa shape index (κ3) is 6.77. The van der Waals surface area contributed by atoms with Crippen molar-refractivity contribution in [3.63, 3.8) is 0 Å². The number of halogens is 3. The Kier molecular flexibility index (Phi) is 7.28. The van der Waals surface area contributed by atoms with Gasteiger partial charge in [-0.2, -0.15) is 0 Å². The van der Waals surface area contributed by atoms with Crippen LogP contribution in [0.2, 0.25) is 0 Å². The van der Waals surface area contributed by atoms with Crippen LogP contribution in [0.5, 0.6) is 11.5 Å². The van der Waals surface area contributed by atoms with Crippen molar-refractivity contribution in [3.8, 4) is 11.5 Å². The van der Waals surface area contributed by atoms with Crippen LogP contribution in [0.1, 0.15) is 15.9 Å². The maximum Gasteiger partial charge on any atom is 0.573 e. The molecule has 8 heteroatoms. The number of ether oxygens (including phenoxy) is 2. The quantitative estimate of drug-likeness (QED) is 0.681. The second kappa shape index (κ2) is 9.45. The number of carbonyl (C=O) groups is 1. The van der Waals surface area contributed by atoms with Gasteiger partial charge < -0.3 is 19.3 Å². The van der Waals surface area contributed by atoms with Crippen LogP contribution in [0.3, 0.4) is 0 Å². The average Bonchev–Trinajstić information content (AvgIpc) is 2.61. The lowest BCUT2D eigenvalue weighted by Gasteiger charge is -2.20. The summed E-state index contributed by atoms with van der Waals surface area (Å²) < 4.78 is 46.2.